The zero-order chi connectivity index (χ0) is 20.2. The molecule has 2 heterocycles. The topological polar surface area (TPSA) is 58.6 Å². The Morgan fingerprint density at radius 1 is 1.00 bits per heavy atom. The summed E-state index contributed by atoms with van der Waals surface area (Å²) in [5.41, 5.74) is 1.77. The molecular weight excluding hydrogens is 388 g/mol. The van der Waals surface area contributed by atoms with E-state index in [9.17, 15) is 4.79 Å². The van der Waals surface area contributed by atoms with Gasteiger partial charge in [0.15, 0.2) is 0 Å². The van der Waals surface area contributed by atoms with Crippen molar-refractivity contribution in [1.82, 2.24) is 14.9 Å². The third-order valence-corrected chi connectivity index (χ3v) is 5.18. The van der Waals surface area contributed by atoms with Crippen LogP contribution in [0.1, 0.15) is 15.9 Å². The standard InChI is InChI=1S/C22H21ClN4O2/c1-16-4-2-3-5-19(16)22(28)27-12-10-26(11-13-27)20-14-21(25-15-24-20)29-18-8-6-17(23)7-9-18/h2-9,14-15H,10-13H2,1H3. The van der Waals surface area contributed by atoms with Crippen molar-refractivity contribution in [3.05, 3.63) is 77.1 Å². The highest BCUT2D eigenvalue weighted by Gasteiger charge is 2.24. The molecule has 0 unspecified atom stereocenters. The Hall–Kier alpha value is -3.12. The number of benzene rings is 2. The van der Waals surface area contributed by atoms with E-state index in [0.29, 0.717) is 42.8 Å². The van der Waals surface area contributed by atoms with Crippen LogP contribution in [0.5, 0.6) is 11.6 Å². The second-order valence-corrected chi connectivity index (χ2v) is 7.30. The highest BCUT2D eigenvalue weighted by Crippen LogP contribution is 2.24. The van der Waals surface area contributed by atoms with Crippen LogP contribution in [0.4, 0.5) is 5.82 Å². The lowest BCUT2D eigenvalue weighted by atomic mass is 10.1. The maximum Gasteiger partial charge on any atom is 0.254 e. The third-order valence-electron chi connectivity index (χ3n) is 4.93. The SMILES string of the molecule is Cc1ccccc1C(=O)N1CCN(c2cc(Oc3ccc(Cl)cc3)ncn2)CC1. The van der Waals surface area contributed by atoms with Gasteiger partial charge in [-0.1, -0.05) is 29.8 Å². The van der Waals surface area contributed by atoms with Crippen LogP contribution in [0.25, 0.3) is 0 Å². The van der Waals surface area contributed by atoms with Crippen LogP contribution in [-0.2, 0) is 0 Å². The highest BCUT2D eigenvalue weighted by atomic mass is 35.5. The molecule has 1 fully saturated rings. The molecule has 1 aliphatic rings. The van der Waals surface area contributed by atoms with E-state index in [1.54, 1.807) is 24.3 Å². The normalized spacial score (nSPS) is 14.0. The van der Waals surface area contributed by atoms with Crippen molar-refractivity contribution in [3.8, 4) is 11.6 Å². The van der Waals surface area contributed by atoms with Gasteiger partial charge < -0.3 is 14.5 Å². The molecular formula is C22H21ClN4O2. The van der Waals surface area contributed by atoms with Crippen molar-refractivity contribution in [1.29, 1.82) is 0 Å². The molecule has 0 bridgehead atoms. The van der Waals surface area contributed by atoms with Crippen molar-refractivity contribution in [2.75, 3.05) is 31.1 Å². The average Bonchev–Trinajstić information content (AvgIpc) is 2.76. The minimum absolute atomic E-state index is 0.0807. The van der Waals surface area contributed by atoms with Crippen molar-refractivity contribution in [3.63, 3.8) is 0 Å². The molecule has 0 saturated carbocycles. The maximum absolute atomic E-state index is 12.8. The Balaban J connectivity index is 1.40. The molecule has 7 heteroatoms. The van der Waals surface area contributed by atoms with Crippen LogP contribution >= 0.6 is 11.6 Å². The van der Waals surface area contributed by atoms with Crippen LogP contribution in [0, 0.1) is 6.92 Å². The number of aryl methyl sites for hydroxylation is 1. The molecule has 0 aliphatic carbocycles. The monoisotopic (exact) mass is 408 g/mol. The van der Waals surface area contributed by atoms with Crippen molar-refractivity contribution in [2.45, 2.75) is 6.92 Å². The van der Waals surface area contributed by atoms with Gasteiger partial charge in [0, 0.05) is 42.8 Å². The summed E-state index contributed by atoms with van der Waals surface area (Å²) in [5, 5.41) is 0.652. The minimum Gasteiger partial charge on any atom is -0.439 e. The molecule has 4 rings (SSSR count). The Morgan fingerprint density at radius 2 is 1.72 bits per heavy atom. The highest BCUT2D eigenvalue weighted by molar-refractivity contribution is 6.30. The van der Waals surface area contributed by atoms with Gasteiger partial charge in [0.2, 0.25) is 5.88 Å². The average molecular weight is 409 g/mol. The number of carbonyl (C=O) groups excluding carboxylic acids is 1. The molecule has 148 valence electrons. The van der Waals surface area contributed by atoms with Crippen molar-refractivity contribution < 1.29 is 9.53 Å². The second kappa shape index (κ2) is 8.49. The van der Waals surface area contributed by atoms with Crippen molar-refractivity contribution in [2.24, 2.45) is 0 Å². The zero-order valence-electron chi connectivity index (χ0n) is 16.1. The van der Waals surface area contributed by atoms with E-state index in [1.807, 2.05) is 42.2 Å². The van der Waals surface area contributed by atoms with E-state index in [-0.39, 0.29) is 5.91 Å². The lowest BCUT2D eigenvalue weighted by Crippen LogP contribution is -2.49. The van der Waals surface area contributed by atoms with Crippen LogP contribution < -0.4 is 9.64 Å². The van der Waals surface area contributed by atoms with Gasteiger partial charge >= 0.3 is 0 Å². The molecule has 1 aromatic heterocycles. The summed E-state index contributed by atoms with van der Waals surface area (Å²) in [4.78, 5) is 25.4. The number of halogens is 1. The lowest BCUT2D eigenvalue weighted by Gasteiger charge is -2.35. The number of piperazine rings is 1. The van der Waals surface area contributed by atoms with Gasteiger partial charge in [0.05, 0.1) is 0 Å². The molecule has 0 spiro atoms. The van der Waals surface area contributed by atoms with E-state index < -0.39 is 0 Å². The van der Waals surface area contributed by atoms with Gasteiger partial charge in [-0.2, -0.15) is 0 Å². The Kier molecular flexibility index (Phi) is 5.62. The van der Waals surface area contributed by atoms with Gasteiger partial charge in [-0.15, -0.1) is 0 Å². The lowest BCUT2D eigenvalue weighted by molar-refractivity contribution is 0.0745. The van der Waals surface area contributed by atoms with Gasteiger partial charge in [-0.3, -0.25) is 4.79 Å². The minimum atomic E-state index is 0.0807. The smallest absolute Gasteiger partial charge is 0.254 e. The predicted molar refractivity (Wildman–Crippen MR) is 113 cm³/mol. The zero-order valence-corrected chi connectivity index (χ0v) is 16.8. The summed E-state index contributed by atoms with van der Waals surface area (Å²) < 4.78 is 5.79. The van der Waals surface area contributed by atoms with E-state index in [4.69, 9.17) is 16.3 Å². The fraction of sp³-hybridized carbons (Fsp3) is 0.227. The first-order valence-electron chi connectivity index (χ1n) is 9.45. The van der Waals surface area contributed by atoms with E-state index in [1.165, 1.54) is 6.33 Å². The number of carbonyl (C=O) groups is 1. The first-order chi connectivity index (χ1) is 14.1. The summed E-state index contributed by atoms with van der Waals surface area (Å²) in [7, 11) is 0. The number of rotatable bonds is 4. The predicted octanol–water partition coefficient (Wildman–Crippen LogP) is 4.19. The maximum atomic E-state index is 12.8. The van der Waals surface area contributed by atoms with Crippen LogP contribution in [0.3, 0.4) is 0 Å². The van der Waals surface area contributed by atoms with Crippen molar-refractivity contribution >= 4 is 23.3 Å². The first kappa shape index (κ1) is 19.2. The second-order valence-electron chi connectivity index (χ2n) is 6.86. The summed E-state index contributed by atoms with van der Waals surface area (Å²) in [6.07, 6.45) is 1.49. The molecule has 0 radical (unpaired) electrons. The molecule has 0 N–H and O–H groups in total. The van der Waals surface area contributed by atoms with Crippen LogP contribution in [0.15, 0.2) is 60.9 Å². The molecule has 6 nitrogen and oxygen atoms in total. The summed E-state index contributed by atoms with van der Waals surface area (Å²) >= 11 is 5.91. The van der Waals surface area contributed by atoms with Gasteiger partial charge in [-0.05, 0) is 42.8 Å². The summed E-state index contributed by atoms with van der Waals surface area (Å²) in [6, 6.07) is 16.6. The number of hydrogen-bond acceptors (Lipinski definition) is 5. The molecule has 1 amide bonds. The van der Waals surface area contributed by atoms with E-state index >= 15 is 0 Å². The molecule has 29 heavy (non-hydrogen) atoms. The number of hydrogen-bond donors (Lipinski definition) is 0. The fourth-order valence-electron chi connectivity index (χ4n) is 3.30. The fourth-order valence-corrected chi connectivity index (χ4v) is 3.43. The molecule has 0 atom stereocenters. The summed E-state index contributed by atoms with van der Waals surface area (Å²) in [6.45, 7) is 4.66. The number of aromatic nitrogens is 2. The van der Waals surface area contributed by atoms with Gasteiger partial charge in [-0.25, -0.2) is 9.97 Å². The third kappa shape index (κ3) is 4.49. The van der Waals surface area contributed by atoms with Crippen LogP contribution in [-0.4, -0.2) is 47.0 Å². The number of amides is 1. The van der Waals surface area contributed by atoms with E-state index in [0.717, 1.165) is 16.9 Å². The number of anilines is 1. The Morgan fingerprint density at radius 3 is 2.45 bits per heavy atom. The summed E-state index contributed by atoms with van der Waals surface area (Å²) in [5.74, 6) is 1.99. The first-order valence-corrected chi connectivity index (χ1v) is 9.83. The number of nitrogens with zero attached hydrogens (tertiary/aromatic N) is 4. The largest absolute Gasteiger partial charge is 0.439 e. The van der Waals surface area contributed by atoms with Crippen LogP contribution in [0.2, 0.25) is 5.02 Å². The van der Waals surface area contributed by atoms with E-state index in [2.05, 4.69) is 14.9 Å². The molecule has 2 aromatic carbocycles. The van der Waals surface area contributed by atoms with Gasteiger partial charge in [0.1, 0.15) is 17.9 Å². The Labute approximate surface area is 174 Å². The molecule has 1 aliphatic heterocycles. The number of ether oxygens (including phenoxy) is 1. The van der Waals surface area contributed by atoms with Gasteiger partial charge in [0.25, 0.3) is 5.91 Å². The quantitative estimate of drug-likeness (QED) is 0.647. The molecule has 3 aromatic rings. The molecule has 1 saturated heterocycles. The Bertz CT molecular complexity index is 1000.